The Hall–Kier alpha value is -6.21. The fourth-order valence-corrected chi connectivity index (χ4v) is 11.4. The van der Waals surface area contributed by atoms with Crippen LogP contribution in [0.4, 0.5) is 0 Å². The van der Waals surface area contributed by atoms with Crippen molar-refractivity contribution in [1.29, 1.82) is 0 Å². The minimum Gasteiger partial charge on any atom is -0.390 e. The van der Waals surface area contributed by atoms with E-state index in [-0.39, 0.29) is 56.7 Å². The molecule has 0 aliphatic carbocycles. The quantitative estimate of drug-likeness (QED) is 0.0919. The highest BCUT2D eigenvalue weighted by molar-refractivity contribution is 6.00. The average Bonchev–Trinajstić information content (AvgIpc) is 0.833. The minimum atomic E-state index is -1.65. The number of aliphatic hydroxyl groups excluding tert-OH is 1. The van der Waals surface area contributed by atoms with Crippen LogP contribution in [0.3, 0.4) is 0 Å². The maximum Gasteiger partial charge on any atom is 0.248 e. The van der Waals surface area contributed by atoms with E-state index in [1.54, 1.807) is 74.5 Å². The number of likely N-dealkylation sites (N-methyl/N-ethyl adjacent to an activating group) is 8. The minimum absolute atomic E-state index is 0.0259. The largest absolute Gasteiger partial charge is 0.390 e. The third kappa shape index (κ3) is 23.4. The number of carbonyl (C=O) groups excluding carboxylic acids is 11. The van der Waals surface area contributed by atoms with Crippen LogP contribution < -0.4 is 21.3 Å². The second-order valence-corrected chi connectivity index (χ2v) is 27.7. The predicted octanol–water partition coefficient (Wildman–Crippen LogP) is 2.83. The van der Waals surface area contributed by atoms with Crippen molar-refractivity contribution in [3.05, 3.63) is 12.2 Å². The van der Waals surface area contributed by atoms with Gasteiger partial charge in [-0.15, -0.1) is 0 Å². The van der Waals surface area contributed by atoms with Gasteiger partial charge in [0.15, 0.2) is 0 Å². The second kappa shape index (κ2) is 38.1. The monoisotopic (exact) mass is 1290 g/mol. The predicted molar refractivity (Wildman–Crippen MR) is 352 cm³/mol. The molecule has 1 fully saturated rings. The molecule has 0 aromatic heterocycles. The number of amides is 11. The zero-order valence-corrected chi connectivity index (χ0v) is 60.2. The molecule has 25 heteroatoms. The molecule has 1 aliphatic rings. The Balaban J connectivity index is 4.50. The lowest BCUT2D eigenvalue weighted by Gasteiger charge is -2.41. The molecule has 0 radical (unpaired) electrons. The highest BCUT2D eigenvalue weighted by Gasteiger charge is 2.46. The van der Waals surface area contributed by atoms with Crippen molar-refractivity contribution in [2.24, 2.45) is 41.4 Å². The van der Waals surface area contributed by atoms with E-state index in [9.17, 15) is 33.9 Å². The lowest BCUT2D eigenvalue weighted by Crippen LogP contribution is -2.64. The first-order valence-corrected chi connectivity index (χ1v) is 32.7. The number of hydrogen-bond acceptors (Lipinski definition) is 14. The number of rotatable bonds is 19. The van der Waals surface area contributed by atoms with Crippen LogP contribution in [0.1, 0.15) is 150 Å². The molecule has 1 aliphatic heterocycles. The van der Waals surface area contributed by atoms with Gasteiger partial charge in [-0.05, 0) is 108 Å². The fourth-order valence-electron chi connectivity index (χ4n) is 11.4. The maximum absolute atomic E-state index is 15.3. The number of nitrogens with one attached hydrogen (secondary N) is 4. The highest BCUT2D eigenvalue weighted by Crippen LogP contribution is 2.26. The SMILES string of the molecule is CC=CC[C@@H](C)[C@@H](O)[C@H]1C(=O)N[C@@H](CC)C(=O)N(C)[C@H](COCCN(C)C)C(=O)N(C)[C@@H](C(C)C)C(=O)N[C@@H](C(C)C)C(=O)N(C)[C@@H](CC(C)C)C(=O)N[C@@H](C)C(=O)N[C@H](C)C(=O)N(C)[C@@H](CC(C)C)C(=O)N(C)[C@@H](CC(C)C)C(=O)N(C)[C@@H](C(C)C)C(=O)N1C. The maximum atomic E-state index is 15.3. The summed E-state index contributed by atoms with van der Waals surface area (Å²) in [6, 6.07) is -14.1. The standard InChI is InChI=1S/C66H120N12O13/c1-27-29-30-43(15)55(79)54-59(83)69-46(28-2)61(85)75(23)50(36-91-32-31-71(18)19)64(88)76(24)52(41(11)12)58(82)70-51(40(9)10)65(89)72(20)47(33-37(3)4)57(81)67-44(16)56(80)68-45(17)60(84)73(21)48(34-38(5)6)62(86)74(22)49(35-39(7)8)63(87)77(25)53(42(13)14)66(90)78(54)26/h27,29,37-55,79H,28,30-36H2,1-26H3,(H,67,81)(H,68,80)(H,69,83)(H,70,82)/t43-,44+,45-,46+,47+,48+,49+,50-,51+,52+,53+,54+,55-/m1/s1. The first-order valence-electron chi connectivity index (χ1n) is 32.7. The van der Waals surface area contributed by atoms with Crippen LogP contribution in [0.25, 0.3) is 0 Å². The molecule has 0 unspecified atom stereocenters. The lowest BCUT2D eigenvalue weighted by molar-refractivity contribution is -0.157. The third-order valence-corrected chi connectivity index (χ3v) is 17.2. The van der Waals surface area contributed by atoms with Crippen molar-refractivity contribution < 1.29 is 62.6 Å². The van der Waals surface area contributed by atoms with Crippen molar-refractivity contribution in [3.63, 3.8) is 0 Å². The van der Waals surface area contributed by atoms with Gasteiger partial charge in [-0.1, -0.05) is 109 Å². The summed E-state index contributed by atoms with van der Waals surface area (Å²) < 4.78 is 6.06. The van der Waals surface area contributed by atoms with E-state index < -0.39 is 161 Å². The van der Waals surface area contributed by atoms with Gasteiger partial charge in [-0.3, -0.25) is 52.7 Å². The van der Waals surface area contributed by atoms with E-state index in [1.807, 2.05) is 60.5 Å². The van der Waals surface area contributed by atoms with Crippen molar-refractivity contribution in [2.45, 2.75) is 222 Å². The molecule has 0 aromatic rings. The van der Waals surface area contributed by atoms with Crippen LogP contribution >= 0.6 is 0 Å². The molecule has 5 N–H and O–H groups in total. The molecule has 91 heavy (non-hydrogen) atoms. The molecule has 0 saturated carbocycles. The number of nitrogens with zero attached hydrogens (tertiary/aromatic N) is 8. The summed E-state index contributed by atoms with van der Waals surface area (Å²) in [5.41, 5.74) is 0. The number of ether oxygens (including phenoxy) is 1. The van der Waals surface area contributed by atoms with Crippen LogP contribution in [0.5, 0.6) is 0 Å². The molecule has 0 aromatic carbocycles. The smallest absolute Gasteiger partial charge is 0.248 e. The van der Waals surface area contributed by atoms with Crippen LogP contribution in [-0.4, -0.2) is 265 Å². The number of carbonyl (C=O) groups is 11. The number of hydrogen-bond donors (Lipinski definition) is 5. The zero-order valence-electron chi connectivity index (χ0n) is 60.2. The fraction of sp³-hybridized carbons (Fsp3) is 0.803. The third-order valence-electron chi connectivity index (χ3n) is 17.2. The Kier molecular flexibility index (Phi) is 34.7. The van der Waals surface area contributed by atoms with Gasteiger partial charge >= 0.3 is 0 Å². The highest BCUT2D eigenvalue weighted by atomic mass is 16.5. The number of allylic oxidation sites excluding steroid dienone is 2. The van der Waals surface area contributed by atoms with Gasteiger partial charge < -0.3 is 70.3 Å². The van der Waals surface area contributed by atoms with Crippen molar-refractivity contribution in [2.75, 3.05) is 83.2 Å². The Morgan fingerprint density at radius 3 is 1.35 bits per heavy atom. The van der Waals surface area contributed by atoms with Gasteiger partial charge in [-0.2, -0.15) is 0 Å². The molecule has 1 rings (SSSR count). The molecule has 1 heterocycles. The molecular formula is C66H120N12O13. The van der Waals surface area contributed by atoms with Gasteiger partial charge in [-0.25, -0.2) is 0 Å². The summed E-state index contributed by atoms with van der Waals surface area (Å²) in [6.45, 7) is 29.8. The van der Waals surface area contributed by atoms with Crippen molar-refractivity contribution in [3.8, 4) is 0 Å². The van der Waals surface area contributed by atoms with Crippen LogP contribution in [0, 0.1) is 41.4 Å². The van der Waals surface area contributed by atoms with E-state index in [2.05, 4.69) is 21.3 Å². The lowest BCUT2D eigenvalue weighted by atomic mass is 9.91. The molecule has 522 valence electrons. The summed E-state index contributed by atoms with van der Waals surface area (Å²) in [5.74, 6) is -10.6. The van der Waals surface area contributed by atoms with Crippen LogP contribution in [-0.2, 0) is 57.5 Å². The van der Waals surface area contributed by atoms with E-state index in [1.165, 1.54) is 87.7 Å². The van der Waals surface area contributed by atoms with Gasteiger partial charge in [0, 0.05) is 55.9 Å². The molecule has 25 nitrogen and oxygen atoms in total. The molecule has 1 saturated heterocycles. The molecule has 11 amide bonds. The molecule has 13 atom stereocenters. The van der Waals surface area contributed by atoms with Gasteiger partial charge in [0.05, 0.1) is 19.3 Å². The zero-order chi connectivity index (χ0) is 70.5. The van der Waals surface area contributed by atoms with Gasteiger partial charge in [0.1, 0.15) is 66.5 Å². The first-order chi connectivity index (χ1) is 42.0. The average molecular weight is 1290 g/mol. The Morgan fingerprint density at radius 2 is 0.890 bits per heavy atom. The number of aliphatic hydroxyl groups is 1. The summed E-state index contributed by atoms with van der Waals surface area (Å²) >= 11 is 0. The van der Waals surface area contributed by atoms with Crippen LogP contribution in [0.15, 0.2) is 12.2 Å². The molecule has 0 bridgehead atoms. The van der Waals surface area contributed by atoms with Gasteiger partial charge in [0.25, 0.3) is 0 Å². The first kappa shape index (κ1) is 82.8. The second-order valence-electron chi connectivity index (χ2n) is 27.7. The Bertz CT molecular complexity index is 2470. The summed E-state index contributed by atoms with van der Waals surface area (Å²) in [4.78, 5) is 173. The van der Waals surface area contributed by atoms with E-state index in [0.717, 1.165) is 9.80 Å². The van der Waals surface area contributed by atoms with E-state index >= 15 is 24.0 Å². The van der Waals surface area contributed by atoms with Gasteiger partial charge in [0.2, 0.25) is 65.0 Å². The Labute approximate surface area is 545 Å². The Morgan fingerprint density at radius 1 is 0.473 bits per heavy atom. The molecule has 0 spiro atoms. The topological polar surface area (TPSA) is 291 Å². The van der Waals surface area contributed by atoms with Crippen LogP contribution in [0.2, 0.25) is 0 Å². The normalized spacial score (nSPS) is 26.8. The summed E-state index contributed by atoms with van der Waals surface area (Å²) in [6.07, 6.45) is 2.75. The van der Waals surface area contributed by atoms with E-state index in [4.69, 9.17) is 4.74 Å². The van der Waals surface area contributed by atoms with E-state index in [0.29, 0.717) is 13.0 Å². The van der Waals surface area contributed by atoms with Crippen molar-refractivity contribution in [1.82, 2.24) is 60.5 Å². The van der Waals surface area contributed by atoms with Crippen molar-refractivity contribution >= 4 is 65.0 Å². The summed E-state index contributed by atoms with van der Waals surface area (Å²) in [7, 11) is 13.6. The molecular weight excluding hydrogens is 1170 g/mol. The summed E-state index contributed by atoms with van der Waals surface area (Å²) in [5, 5.41) is 23.3.